The molecule has 1 aliphatic rings. The van der Waals surface area contributed by atoms with Crippen LogP contribution >= 0.6 is 0 Å². The molecule has 1 heterocycles. The van der Waals surface area contributed by atoms with Crippen LogP contribution in [0.2, 0.25) is 0 Å². The zero-order valence-corrected chi connectivity index (χ0v) is 10.9. The van der Waals surface area contributed by atoms with E-state index in [-0.39, 0.29) is 6.10 Å². The van der Waals surface area contributed by atoms with E-state index >= 15 is 0 Å². The molecule has 1 aromatic carbocycles. The van der Waals surface area contributed by atoms with Gasteiger partial charge in [0, 0.05) is 13.1 Å². The van der Waals surface area contributed by atoms with Crippen molar-refractivity contribution < 1.29 is 5.11 Å². The van der Waals surface area contributed by atoms with Gasteiger partial charge in [0.05, 0.1) is 6.10 Å². The number of rotatable bonds is 3. The van der Waals surface area contributed by atoms with Crippen molar-refractivity contribution in [2.24, 2.45) is 0 Å². The first-order valence-electron chi connectivity index (χ1n) is 6.64. The Hall–Kier alpha value is -0.860. The zero-order valence-electron chi connectivity index (χ0n) is 10.9. The predicted octanol–water partition coefficient (Wildman–Crippen LogP) is 2.77. The van der Waals surface area contributed by atoms with Crippen molar-refractivity contribution in [1.29, 1.82) is 0 Å². The van der Waals surface area contributed by atoms with Gasteiger partial charge in [0.2, 0.25) is 0 Å². The van der Waals surface area contributed by atoms with Crippen LogP contribution in [0.5, 0.6) is 0 Å². The lowest BCUT2D eigenvalue weighted by Gasteiger charge is -2.30. The number of likely N-dealkylation sites (tertiary alicyclic amines) is 1. The standard InChI is InChI=1S/C15H23NO/c1-12(2)14-7-5-13(6-8-14)10-16-9-3-4-15(17)11-16/h5-8,12,15,17H,3-4,9-11H2,1-2H3. The quantitative estimate of drug-likeness (QED) is 0.867. The maximum Gasteiger partial charge on any atom is 0.0667 e. The first-order valence-corrected chi connectivity index (χ1v) is 6.64. The maximum absolute atomic E-state index is 9.63. The van der Waals surface area contributed by atoms with Gasteiger partial charge in [0.1, 0.15) is 0 Å². The molecule has 2 heteroatoms. The minimum absolute atomic E-state index is 0.126. The van der Waals surface area contributed by atoms with Crippen molar-refractivity contribution in [3.63, 3.8) is 0 Å². The number of β-amino-alcohol motifs (C(OH)–C–C–N with tert-alkyl or cyclic N) is 1. The Morgan fingerprint density at radius 1 is 1.29 bits per heavy atom. The monoisotopic (exact) mass is 233 g/mol. The van der Waals surface area contributed by atoms with Gasteiger partial charge >= 0.3 is 0 Å². The van der Waals surface area contributed by atoms with Gasteiger partial charge < -0.3 is 5.11 Å². The molecule has 1 unspecified atom stereocenters. The number of hydrogen-bond acceptors (Lipinski definition) is 2. The van der Waals surface area contributed by atoms with Crippen molar-refractivity contribution in [2.45, 2.75) is 45.3 Å². The predicted molar refractivity (Wildman–Crippen MR) is 71.0 cm³/mol. The number of aliphatic hydroxyl groups is 1. The van der Waals surface area contributed by atoms with Crippen LogP contribution in [0.3, 0.4) is 0 Å². The molecule has 17 heavy (non-hydrogen) atoms. The highest BCUT2D eigenvalue weighted by Crippen LogP contribution is 2.17. The van der Waals surface area contributed by atoms with Gasteiger partial charge in [-0.2, -0.15) is 0 Å². The van der Waals surface area contributed by atoms with Crippen LogP contribution in [-0.2, 0) is 6.54 Å². The van der Waals surface area contributed by atoms with Gasteiger partial charge in [-0.15, -0.1) is 0 Å². The number of aliphatic hydroxyl groups excluding tert-OH is 1. The molecule has 0 aromatic heterocycles. The molecule has 0 aliphatic carbocycles. The fourth-order valence-corrected chi connectivity index (χ4v) is 2.44. The lowest BCUT2D eigenvalue weighted by Crippen LogP contribution is -2.37. The van der Waals surface area contributed by atoms with E-state index in [0.717, 1.165) is 32.5 Å². The molecule has 1 N–H and O–H groups in total. The molecule has 2 rings (SSSR count). The average molecular weight is 233 g/mol. The minimum atomic E-state index is -0.126. The van der Waals surface area contributed by atoms with Crippen molar-refractivity contribution in [3.8, 4) is 0 Å². The summed E-state index contributed by atoms with van der Waals surface area (Å²) < 4.78 is 0. The van der Waals surface area contributed by atoms with Gasteiger partial charge in [-0.3, -0.25) is 4.90 Å². The van der Waals surface area contributed by atoms with Gasteiger partial charge in [0.25, 0.3) is 0 Å². The Morgan fingerprint density at radius 2 is 2.00 bits per heavy atom. The van der Waals surface area contributed by atoms with E-state index in [1.165, 1.54) is 11.1 Å². The van der Waals surface area contributed by atoms with Crippen LogP contribution in [0.1, 0.15) is 43.7 Å². The zero-order chi connectivity index (χ0) is 12.3. The third kappa shape index (κ3) is 3.55. The average Bonchev–Trinajstić information content (AvgIpc) is 2.29. The van der Waals surface area contributed by atoms with E-state index in [1.807, 2.05) is 0 Å². The lowest BCUT2D eigenvalue weighted by molar-refractivity contribution is 0.0668. The highest BCUT2D eigenvalue weighted by molar-refractivity contribution is 5.24. The molecule has 1 aliphatic heterocycles. The summed E-state index contributed by atoms with van der Waals surface area (Å²) >= 11 is 0. The summed E-state index contributed by atoms with van der Waals surface area (Å²) in [6.45, 7) is 7.34. The molecule has 0 saturated carbocycles. The van der Waals surface area contributed by atoms with Crippen LogP contribution < -0.4 is 0 Å². The summed E-state index contributed by atoms with van der Waals surface area (Å²) in [5, 5.41) is 9.63. The van der Waals surface area contributed by atoms with Crippen molar-refractivity contribution in [1.82, 2.24) is 4.90 Å². The van der Waals surface area contributed by atoms with Crippen LogP contribution in [0.15, 0.2) is 24.3 Å². The van der Waals surface area contributed by atoms with Gasteiger partial charge in [-0.05, 0) is 36.4 Å². The molecular formula is C15H23NO. The van der Waals surface area contributed by atoms with Crippen molar-refractivity contribution >= 4 is 0 Å². The van der Waals surface area contributed by atoms with Crippen LogP contribution in [0, 0.1) is 0 Å². The topological polar surface area (TPSA) is 23.5 Å². The molecule has 1 atom stereocenters. The molecule has 2 nitrogen and oxygen atoms in total. The summed E-state index contributed by atoms with van der Waals surface area (Å²) in [7, 11) is 0. The third-order valence-electron chi connectivity index (χ3n) is 3.53. The number of nitrogens with zero attached hydrogens (tertiary/aromatic N) is 1. The highest BCUT2D eigenvalue weighted by atomic mass is 16.3. The van der Waals surface area contributed by atoms with Gasteiger partial charge in [-0.1, -0.05) is 38.1 Å². The molecular weight excluding hydrogens is 210 g/mol. The van der Waals surface area contributed by atoms with E-state index in [4.69, 9.17) is 0 Å². The number of benzene rings is 1. The highest BCUT2D eigenvalue weighted by Gasteiger charge is 2.17. The summed E-state index contributed by atoms with van der Waals surface area (Å²) in [6, 6.07) is 8.88. The van der Waals surface area contributed by atoms with Gasteiger partial charge in [0.15, 0.2) is 0 Å². The maximum atomic E-state index is 9.63. The fraction of sp³-hybridized carbons (Fsp3) is 0.600. The normalized spacial score (nSPS) is 22.0. The summed E-state index contributed by atoms with van der Waals surface area (Å²) in [4.78, 5) is 2.35. The summed E-state index contributed by atoms with van der Waals surface area (Å²) in [5.41, 5.74) is 2.75. The largest absolute Gasteiger partial charge is 0.392 e. The summed E-state index contributed by atoms with van der Waals surface area (Å²) in [5.74, 6) is 0.598. The van der Waals surface area contributed by atoms with Gasteiger partial charge in [-0.25, -0.2) is 0 Å². The molecule has 1 fully saturated rings. The minimum Gasteiger partial charge on any atom is -0.392 e. The third-order valence-corrected chi connectivity index (χ3v) is 3.53. The van der Waals surface area contributed by atoms with Crippen LogP contribution in [0.25, 0.3) is 0 Å². The first kappa shape index (κ1) is 12.6. The van der Waals surface area contributed by atoms with Crippen LogP contribution in [-0.4, -0.2) is 29.2 Å². The molecule has 1 aromatic rings. The molecule has 0 bridgehead atoms. The Kier molecular flexibility index (Phi) is 4.19. The van der Waals surface area contributed by atoms with E-state index in [1.54, 1.807) is 0 Å². The second kappa shape index (κ2) is 5.65. The SMILES string of the molecule is CC(C)c1ccc(CN2CCCC(O)C2)cc1. The smallest absolute Gasteiger partial charge is 0.0667 e. The van der Waals surface area contributed by atoms with Crippen molar-refractivity contribution in [3.05, 3.63) is 35.4 Å². The lowest BCUT2D eigenvalue weighted by atomic mass is 10.0. The molecule has 0 amide bonds. The number of hydrogen-bond donors (Lipinski definition) is 1. The fourth-order valence-electron chi connectivity index (χ4n) is 2.44. The Bertz CT molecular complexity index is 344. The molecule has 0 radical (unpaired) electrons. The van der Waals surface area contributed by atoms with E-state index in [2.05, 4.69) is 43.0 Å². The second-order valence-corrected chi connectivity index (χ2v) is 5.43. The Morgan fingerprint density at radius 3 is 2.59 bits per heavy atom. The molecule has 94 valence electrons. The second-order valence-electron chi connectivity index (χ2n) is 5.43. The van der Waals surface area contributed by atoms with E-state index in [9.17, 15) is 5.11 Å². The Labute approximate surface area is 104 Å². The van der Waals surface area contributed by atoms with E-state index in [0.29, 0.717) is 5.92 Å². The van der Waals surface area contributed by atoms with Crippen molar-refractivity contribution in [2.75, 3.05) is 13.1 Å². The molecule has 1 saturated heterocycles. The summed E-state index contributed by atoms with van der Waals surface area (Å²) in [6.07, 6.45) is 1.95. The van der Waals surface area contributed by atoms with Crippen LogP contribution in [0.4, 0.5) is 0 Å². The molecule has 0 spiro atoms. The van der Waals surface area contributed by atoms with E-state index < -0.39 is 0 Å². The number of piperidine rings is 1. The Balaban J connectivity index is 1.94. The first-order chi connectivity index (χ1) is 8.15.